The number of rotatable bonds is 5. The van der Waals surface area contributed by atoms with Gasteiger partial charge in [0.15, 0.2) is 0 Å². The van der Waals surface area contributed by atoms with Crippen molar-refractivity contribution in [2.45, 2.75) is 32.8 Å². The van der Waals surface area contributed by atoms with E-state index in [2.05, 4.69) is 13.8 Å². The van der Waals surface area contributed by atoms with Gasteiger partial charge in [0.25, 0.3) is 0 Å². The fourth-order valence-corrected chi connectivity index (χ4v) is 1.34. The minimum absolute atomic E-state index is 0.250. The molecule has 0 fully saturated rings. The third kappa shape index (κ3) is 3.79. The second kappa shape index (κ2) is 5.66. The summed E-state index contributed by atoms with van der Waals surface area (Å²) in [6.45, 7) is 5.00. The van der Waals surface area contributed by atoms with Gasteiger partial charge in [0.1, 0.15) is 5.75 Å². The molecule has 1 rings (SSSR count). The van der Waals surface area contributed by atoms with E-state index in [0.717, 1.165) is 19.4 Å². The zero-order chi connectivity index (χ0) is 10.4. The number of phenols is 1. The number of ether oxygens (including phenoxy) is 1. The zero-order valence-electron chi connectivity index (χ0n) is 8.86. The Balaban J connectivity index is 2.39. The molecule has 1 atom stereocenters. The maximum absolute atomic E-state index is 9.10. The van der Waals surface area contributed by atoms with E-state index in [0.29, 0.717) is 5.75 Å². The first-order valence-electron chi connectivity index (χ1n) is 5.12. The molecule has 0 bridgehead atoms. The highest BCUT2D eigenvalue weighted by Gasteiger charge is 2.02. The smallest absolute Gasteiger partial charge is 0.115 e. The van der Waals surface area contributed by atoms with E-state index in [1.807, 2.05) is 12.1 Å². The lowest BCUT2D eigenvalue weighted by molar-refractivity contribution is 0.0669. The van der Waals surface area contributed by atoms with Crippen LogP contribution in [0.5, 0.6) is 5.75 Å². The van der Waals surface area contributed by atoms with Crippen LogP contribution in [0.25, 0.3) is 0 Å². The van der Waals surface area contributed by atoms with Crippen LogP contribution in [0.2, 0.25) is 0 Å². The van der Waals surface area contributed by atoms with Gasteiger partial charge in [-0.15, -0.1) is 0 Å². The van der Waals surface area contributed by atoms with Gasteiger partial charge in [0, 0.05) is 6.61 Å². The summed E-state index contributed by atoms with van der Waals surface area (Å²) in [6.07, 6.45) is 2.21. The molecule has 0 aliphatic carbocycles. The Kier molecular flexibility index (Phi) is 4.47. The highest BCUT2D eigenvalue weighted by Crippen LogP contribution is 2.12. The molecular formula is C12H18O2. The zero-order valence-corrected chi connectivity index (χ0v) is 8.86. The molecule has 1 aromatic carbocycles. The normalized spacial score (nSPS) is 12.7. The minimum atomic E-state index is 0.250. The first-order chi connectivity index (χ1) is 6.72. The van der Waals surface area contributed by atoms with E-state index in [-0.39, 0.29) is 6.10 Å². The van der Waals surface area contributed by atoms with Crippen LogP contribution in [-0.4, -0.2) is 17.8 Å². The Labute approximate surface area is 85.5 Å². The molecule has 1 N–H and O–H groups in total. The first kappa shape index (κ1) is 11.1. The average molecular weight is 194 g/mol. The van der Waals surface area contributed by atoms with E-state index >= 15 is 0 Å². The van der Waals surface area contributed by atoms with Crippen molar-refractivity contribution < 1.29 is 9.84 Å². The molecule has 1 aromatic rings. The minimum Gasteiger partial charge on any atom is -0.508 e. The Morgan fingerprint density at radius 2 is 1.93 bits per heavy atom. The van der Waals surface area contributed by atoms with Crippen molar-refractivity contribution in [1.29, 1.82) is 0 Å². The van der Waals surface area contributed by atoms with Crippen molar-refractivity contribution >= 4 is 0 Å². The molecule has 78 valence electrons. The van der Waals surface area contributed by atoms with Gasteiger partial charge in [-0.05, 0) is 37.5 Å². The third-order valence-electron chi connectivity index (χ3n) is 2.07. The Morgan fingerprint density at radius 1 is 1.29 bits per heavy atom. The van der Waals surface area contributed by atoms with Gasteiger partial charge in [-0.25, -0.2) is 0 Å². The molecule has 0 aliphatic heterocycles. The van der Waals surface area contributed by atoms with Crippen molar-refractivity contribution in [3.05, 3.63) is 29.8 Å². The summed E-state index contributed by atoms with van der Waals surface area (Å²) in [7, 11) is 0. The van der Waals surface area contributed by atoms with Crippen molar-refractivity contribution in [2.75, 3.05) is 6.61 Å². The van der Waals surface area contributed by atoms with Crippen molar-refractivity contribution in [3.8, 4) is 5.75 Å². The van der Waals surface area contributed by atoms with E-state index in [1.165, 1.54) is 5.56 Å². The number of phenolic OH excluding ortho intramolecular Hbond substituents is 1. The summed E-state index contributed by atoms with van der Waals surface area (Å²) in [6, 6.07) is 7.28. The van der Waals surface area contributed by atoms with Gasteiger partial charge in [0.05, 0.1) is 6.10 Å². The Bertz CT molecular complexity index is 254. The topological polar surface area (TPSA) is 29.5 Å². The summed E-state index contributed by atoms with van der Waals surface area (Å²) in [4.78, 5) is 0. The van der Waals surface area contributed by atoms with Gasteiger partial charge in [-0.1, -0.05) is 19.1 Å². The van der Waals surface area contributed by atoms with Crippen molar-refractivity contribution in [3.63, 3.8) is 0 Å². The fraction of sp³-hybridized carbons (Fsp3) is 0.500. The predicted octanol–water partition coefficient (Wildman–Crippen LogP) is 2.75. The number of hydrogen-bond acceptors (Lipinski definition) is 2. The quantitative estimate of drug-likeness (QED) is 0.781. The monoisotopic (exact) mass is 194 g/mol. The molecule has 0 amide bonds. The summed E-state index contributed by atoms with van der Waals surface area (Å²) < 4.78 is 5.56. The van der Waals surface area contributed by atoms with Crippen LogP contribution >= 0.6 is 0 Å². The molecule has 2 heteroatoms. The molecule has 1 unspecified atom stereocenters. The van der Waals surface area contributed by atoms with Crippen LogP contribution in [0.3, 0.4) is 0 Å². The molecule has 2 nitrogen and oxygen atoms in total. The first-order valence-corrected chi connectivity index (χ1v) is 5.12. The molecule has 0 radical (unpaired) electrons. The van der Waals surface area contributed by atoms with Crippen LogP contribution in [0, 0.1) is 0 Å². The van der Waals surface area contributed by atoms with E-state index in [9.17, 15) is 0 Å². The van der Waals surface area contributed by atoms with Gasteiger partial charge in [-0.2, -0.15) is 0 Å². The lowest BCUT2D eigenvalue weighted by Gasteiger charge is -2.12. The van der Waals surface area contributed by atoms with E-state index < -0.39 is 0 Å². The molecule has 0 saturated carbocycles. The molecule has 0 saturated heterocycles. The molecule has 0 aliphatic rings. The van der Waals surface area contributed by atoms with Crippen molar-refractivity contribution in [2.24, 2.45) is 0 Å². The predicted molar refractivity (Wildman–Crippen MR) is 57.5 cm³/mol. The number of benzene rings is 1. The molecule has 0 spiro atoms. The number of hydrogen-bond donors (Lipinski definition) is 1. The largest absolute Gasteiger partial charge is 0.508 e. The maximum Gasteiger partial charge on any atom is 0.115 e. The summed E-state index contributed by atoms with van der Waals surface area (Å²) in [5.74, 6) is 0.316. The Morgan fingerprint density at radius 3 is 2.50 bits per heavy atom. The second-order valence-corrected chi connectivity index (χ2v) is 3.55. The Hall–Kier alpha value is -1.02. The molecule has 0 aromatic heterocycles. The standard InChI is InChI=1S/C12H18O2/c1-3-8-14-10(2)9-11-4-6-12(13)7-5-11/h4-7,10,13H,3,8-9H2,1-2H3. The average Bonchev–Trinajstić information content (AvgIpc) is 2.18. The molecular weight excluding hydrogens is 176 g/mol. The third-order valence-corrected chi connectivity index (χ3v) is 2.07. The highest BCUT2D eigenvalue weighted by atomic mass is 16.5. The van der Waals surface area contributed by atoms with Crippen LogP contribution in [0.1, 0.15) is 25.8 Å². The summed E-state index contributed by atoms with van der Waals surface area (Å²) >= 11 is 0. The SMILES string of the molecule is CCCOC(C)Cc1ccc(O)cc1. The lowest BCUT2D eigenvalue weighted by atomic mass is 10.1. The highest BCUT2D eigenvalue weighted by molar-refractivity contribution is 5.26. The second-order valence-electron chi connectivity index (χ2n) is 3.55. The fourth-order valence-electron chi connectivity index (χ4n) is 1.34. The molecule has 0 heterocycles. The van der Waals surface area contributed by atoms with Gasteiger partial charge in [0.2, 0.25) is 0 Å². The molecule has 14 heavy (non-hydrogen) atoms. The van der Waals surface area contributed by atoms with E-state index in [1.54, 1.807) is 12.1 Å². The van der Waals surface area contributed by atoms with Crippen molar-refractivity contribution in [1.82, 2.24) is 0 Å². The van der Waals surface area contributed by atoms with Gasteiger partial charge in [-0.3, -0.25) is 0 Å². The lowest BCUT2D eigenvalue weighted by Crippen LogP contribution is -2.11. The van der Waals surface area contributed by atoms with Crippen LogP contribution in [-0.2, 0) is 11.2 Å². The maximum atomic E-state index is 9.10. The summed E-state index contributed by atoms with van der Waals surface area (Å²) in [5, 5.41) is 9.10. The van der Waals surface area contributed by atoms with E-state index in [4.69, 9.17) is 9.84 Å². The summed E-state index contributed by atoms with van der Waals surface area (Å²) in [5.41, 5.74) is 1.20. The van der Waals surface area contributed by atoms with Gasteiger partial charge < -0.3 is 9.84 Å². The van der Waals surface area contributed by atoms with Gasteiger partial charge >= 0.3 is 0 Å². The van der Waals surface area contributed by atoms with Crippen LogP contribution < -0.4 is 0 Å². The van der Waals surface area contributed by atoms with Crippen LogP contribution in [0.15, 0.2) is 24.3 Å². The van der Waals surface area contributed by atoms with Crippen LogP contribution in [0.4, 0.5) is 0 Å². The number of aromatic hydroxyl groups is 1.